The topological polar surface area (TPSA) is 85.9 Å². The fraction of sp³-hybridized carbons (Fsp3) is 0.231. The number of nitrogens with zero attached hydrogens (tertiary/aromatic N) is 2. The molecule has 106 valence electrons. The van der Waals surface area contributed by atoms with Crippen LogP contribution in [0.2, 0.25) is 0 Å². The summed E-state index contributed by atoms with van der Waals surface area (Å²) in [7, 11) is -3.29. The van der Waals surface area contributed by atoms with E-state index in [0.29, 0.717) is 22.3 Å². The highest BCUT2D eigenvalue weighted by Crippen LogP contribution is 2.17. The molecule has 0 unspecified atom stereocenters. The first-order valence-electron chi connectivity index (χ1n) is 6.03. The lowest BCUT2D eigenvalue weighted by Crippen LogP contribution is -2.10. The van der Waals surface area contributed by atoms with Crippen LogP contribution in [0.25, 0.3) is 0 Å². The van der Waals surface area contributed by atoms with Gasteiger partial charge >= 0.3 is 0 Å². The zero-order valence-corrected chi connectivity index (χ0v) is 12.4. The first kappa shape index (κ1) is 15.0. The van der Waals surface area contributed by atoms with Crippen molar-refractivity contribution in [3.8, 4) is 0 Å². The molecule has 0 aliphatic rings. The average Bonchev–Trinajstić information content (AvgIpc) is 2.48. The van der Waals surface area contributed by atoms with E-state index < -0.39 is 9.84 Å². The summed E-state index contributed by atoms with van der Waals surface area (Å²) in [5.41, 5.74) is 6.33. The first-order chi connectivity index (χ1) is 9.62. The molecule has 0 saturated carbocycles. The molecule has 0 aliphatic carbocycles. The van der Waals surface area contributed by atoms with Crippen molar-refractivity contribution in [2.24, 2.45) is 5.73 Å². The quantitative estimate of drug-likeness (QED) is 0.643. The zero-order chi connectivity index (χ0) is 14.4. The van der Waals surface area contributed by atoms with Crippen LogP contribution in [0.5, 0.6) is 0 Å². The van der Waals surface area contributed by atoms with E-state index >= 15 is 0 Å². The Kier molecular flexibility index (Phi) is 5.11. The zero-order valence-electron chi connectivity index (χ0n) is 10.8. The Balaban J connectivity index is 2.00. The second-order valence-electron chi connectivity index (χ2n) is 4.05. The number of sulfone groups is 1. The SMILES string of the molecule is NCc1cccc(S(=O)(=O)CCSc2ncccn2)c1. The standard InChI is InChI=1S/C13H15N3O2S2/c14-10-11-3-1-4-12(9-11)20(17,18)8-7-19-13-15-5-2-6-16-13/h1-6,9H,7-8,10,14H2. The van der Waals surface area contributed by atoms with E-state index in [1.807, 2.05) is 6.07 Å². The predicted molar refractivity (Wildman–Crippen MR) is 79.1 cm³/mol. The molecule has 2 aromatic rings. The number of nitrogens with two attached hydrogens (primary N) is 1. The molecule has 0 fully saturated rings. The maximum atomic E-state index is 12.2. The van der Waals surface area contributed by atoms with E-state index in [1.54, 1.807) is 36.7 Å². The van der Waals surface area contributed by atoms with E-state index in [0.717, 1.165) is 5.56 Å². The number of thioether (sulfide) groups is 1. The van der Waals surface area contributed by atoms with Crippen molar-refractivity contribution in [1.29, 1.82) is 0 Å². The summed E-state index contributed by atoms with van der Waals surface area (Å²) in [6.45, 7) is 0.329. The summed E-state index contributed by atoms with van der Waals surface area (Å²) in [5.74, 6) is 0.461. The molecule has 0 radical (unpaired) electrons. The van der Waals surface area contributed by atoms with Crippen LogP contribution in [0.15, 0.2) is 52.8 Å². The number of rotatable bonds is 6. The summed E-state index contributed by atoms with van der Waals surface area (Å²) < 4.78 is 24.4. The molecule has 1 aromatic carbocycles. The van der Waals surface area contributed by atoms with Crippen molar-refractivity contribution in [2.75, 3.05) is 11.5 Å². The normalized spacial score (nSPS) is 11.4. The molecule has 0 amide bonds. The fourth-order valence-corrected chi connectivity index (χ4v) is 4.10. The van der Waals surface area contributed by atoms with Crippen LogP contribution < -0.4 is 5.73 Å². The van der Waals surface area contributed by atoms with E-state index in [1.165, 1.54) is 11.8 Å². The van der Waals surface area contributed by atoms with Gasteiger partial charge in [-0.05, 0) is 23.8 Å². The van der Waals surface area contributed by atoms with Gasteiger partial charge in [0.1, 0.15) is 0 Å². The molecule has 1 aromatic heterocycles. The van der Waals surface area contributed by atoms with Crippen molar-refractivity contribution in [3.05, 3.63) is 48.3 Å². The second-order valence-corrected chi connectivity index (χ2v) is 7.22. The number of hydrogen-bond donors (Lipinski definition) is 1. The Bertz CT molecular complexity index is 660. The number of benzene rings is 1. The highest BCUT2D eigenvalue weighted by atomic mass is 32.2. The highest BCUT2D eigenvalue weighted by Gasteiger charge is 2.14. The maximum Gasteiger partial charge on any atom is 0.187 e. The van der Waals surface area contributed by atoms with Crippen LogP contribution in [0.1, 0.15) is 5.56 Å². The summed E-state index contributed by atoms with van der Waals surface area (Å²) in [4.78, 5) is 8.39. The smallest absolute Gasteiger partial charge is 0.187 e. The lowest BCUT2D eigenvalue weighted by molar-refractivity contribution is 0.597. The summed E-state index contributed by atoms with van der Waals surface area (Å²) in [6, 6.07) is 8.46. The van der Waals surface area contributed by atoms with Gasteiger partial charge in [-0.3, -0.25) is 0 Å². The van der Waals surface area contributed by atoms with Crippen LogP contribution in [0, 0.1) is 0 Å². The minimum absolute atomic E-state index is 0.0456. The van der Waals surface area contributed by atoms with Gasteiger partial charge in [0.05, 0.1) is 10.6 Å². The maximum absolute atomic E-state index is 12.2. The Morgan fingerprint density at radius 1 is 1.15 bits per heavy atom. The molecule has 0 spiro atoms. The largest absolute Gasteiger partial charge is 0.326 e. The van der Waals surface area contributed by atoms with Crippen molar-refractivity contribution < 1.29 is 8.42 Å². The Labute approximate surface area is 122 Å². The van der Waals surface area contributed by atoms with Crippen molar-refractivity contribution >= 4 is 21.6 Å². The molecule has 0 saturated heterocycles. The van der Waals surface area contributed by atoms with E-state index in [2.05, 4.69) is 9.97 Å². The molecule has 2 N–H and O–H groups in total. The van der Waals surface area contributed by atoms with Crippen LogP contribution >= 0.6 is 11.8 Å². The summed E-state index contributed by atoms with van der Waals surface area (Å²) >= 11 is 1.33. The lowest BCUT2D eigenvalue weighted by Gasteiger charge is -2.05. The highest BCUT2D eigenvalue weighted by molar-refractivity contribution is 8.00. The summed E-state index contributed by atoms with van der Waals surface area (Å²) in [6.07, 6.45) is 3.27. The van der Waals surface area contributed by atoms with Gasteiger partial charge in [0.25, 0.3) is 0 Å². The van der Waals surface area contributed by atoms with Crippen LogP contribution in [0.4, 0.5) is 0 Å². The first-order valence-corrected chi connectivity index (χ1v) is 8.67. The Hall–Kier alpha value is -1.44. The van der Waals surface area contributed by atoms with E-state index in [4.69, 9.17) is 5.73 Å². The van der Waals surface area contributed by atoms with E-state index in [-0.39, 0.29) is 5.75 Å². The average molecular weight is 309 g/mol. The van der Waals surface area contributed by atoms with Crippen LogP contribution in [-0.2, 0) is 16.4 Å². The van der Waals surface area contributed by atoms with Gasteiger partial charge in [0, 0.05) is 24.7 Å². The van der Waals surface area contributed by atoms with Gasteiger partial charge in [0.15, 0.2) is 15.0 Å². The van der Waals surface area contributed by atoms with Gasteiger partial charge in [-0.2, -0.15) is 0 Å². The Morgan fingerprint density at radius 2 is 1.90 bits per heavy atom. The van der Waals surface area contributed by atoms with E-state index in [9.17, 15) is 8.42 Å². The third-order valence-electron chi connectivity index (χ3n) is 2.62. The molecule has 0 atom stereocenters. The third-order valence-corrected chi connectivity index (χ3v) is 5.47. The van der Waals surface area contributed by atoms with Gasteiger partial charge in [-0.1, -0.05) is 23.9 Å². The van der Waals surface area contributed by atoms with Crippen molar-refractivity contribution in [1.82, 2.24) is 9.97 Å². The molecular formula is C13H15N3O2S2. The van der Waals surface area contributed by atoms with Crippen molar-refractivity contribution in [3.63, 3.8) is 0 Å². The molecule has 20 heavy (non-hydrogen) atoms. The van der Waals surface area contributed by atoms with Gasteiger partial charge < -0.3 is 5.73 Å². The molecule has 0 aliphatic heterocycles. The monoisotopic (exact) mass is 309 g/mol. The molecule has 0 bridgehead atoms. The third kappa shape index (κ3) is 4.03. The number of aromatic nitrogens is 2. The molecular weight excluding hydrogens is 294 g/mol. The van der Waals surface area contributed by atoms with Crippen LogP contribution in [-0.4, -0.2) is 29.9 Å². The minimum atomic E-state index is -3.29. The van der Waals surface area contributed by atoms with Gasteiger partial charge in [-0.15, -0.1) is 0 Å². The predicted octanol–water partition coefficient (Wildman–Crippen LogP) is 1.50. The lowest BCUT2D eigenvalue weighted by atomic mass is 10.2. The van der Waals surface area contributed by atoms with Crippen LogP contribution in [0.3, 0.4) is 0 Å². The van der Waals surface area contributed by atoms with Gasteiger partial charge in [-0.25, -0.2) is 18.4 Å². The number of hydrogen-bond acceptors (Lipinski definition) is 6. The molecule has 7 heteroatoms. The molecule has 1 heterocycles. The van der Waals surface area contributed by atoms with Gasteiger partial charge in [0.2, 0.25) is 0 Å². The Morgan fingerprint density at radius 3 is 2.60 bits per heavy atom. The fourth-order valence-electron chi connectivity index (χ4n) is 1.59. The summed E-state index contributed by atoms with van der Waals surface area (Å²) in [5, 5.41) is 0.582. The molecule has 5 nitrogen and oxygen atoms in total. The molecule has 2 rings (SSSR count). The van der Waals surface area contributed by atoms with Crippen molar-refractivity contribution in [2.45, 2.75) is 16.6 Å². The minimum Gasteiger partial charge on any atom is -0.326 e. The second kappa shape index (κ2) is 6.83.